The predicted molar refractivity (Wildman–Crippen MR) is 109 cm³/mol. The lowest BCUT2D eigenvalue weighted by Gasteiger charge is -2.31. The highest BCUT2D eigenvalue weighted by atomic mass is 19.4. The number of hydrogen-bond acceptors (Lipinski definition) is 6. The number of benzene rings is 2. The Hall–Kier alpha value is -2.91. The first-order chi connectivity index (χ1) is 14.9. The van der Waals surface area contributed by atoms with Crippen molar-refractivity contribution in [3.8, 4) is 11.4 Å². The Morgan fingerprint density at radius 3 is 2.58 bits per heavy atom. The van der Waals surface area contributed by atoms with Gasteiger partial charge in [0.05, 0.1) is 25.3 Å². The van der Waals surface area contributed by atoms with Gasteiger partial charge in [-0.05, 0) is 30.8 Å². The number of para-hydroxylation sites is 1. The molecule has 2 aromatic carbocycles. The summed E-state index contributed by atoms with van der Waals surface area (Å²) in [5.74, 6) is 0.488. The molecule has 0 bridgehead atoms. The van der Waals surface area contributed by atoms with Crippen molar-refractivity contribution in [1.82, 2.24) is 15.0 Å². The molecular weight excluding hydrogens is 409 g/mol. The second-order valence-electron chi connectivity index (χ2n) is 7.49. The van der Waals surface area contributed by atoms with Gasteiger partial charge >= 0.3 is 6.18 Å². The first-order valence-corrected chi connectivity index (χ1v) is 9.99. The van der Waals surface area contributed by atoms with E-state index in [1.165, 1.54) is 23.4 Å². The van der Waals surface area contributed by atoms with E-state index >= 15 is 0 Å². The third-order valence-electron chi connectivity index (χ3n) is 5.11. The molecule has 0 N–H and O–H groups in total. The number of aromatic nitrogens is 2. The first-order valence-electron chi connectivity index (χ1n) is 9.99. The Bertz CT molecular complexity index is 1020. The van der Waals surface area contributed by atoms with Crippen LogP contribution in [0, 0.1) is 0 Å². The molecule has 2 heterocycles. The van der Waals surface area contributed by atoms with Gasteiger partial charge in [-0.3, -0.25) is 4.90 Å². The molecule has 0 aliphatic carbocycles. The summed E-state index contributed by atoms with van der Waals surface area (Å²) in [4.78, 5) is 8.62. The van der Waals surface area contributed by atoms with Crippen molar-refractivity contribution in [2.24, 2.45) is 0 Å². The van der Waals surface area contributed by atoms with Gasteiger partial charge in [0, 0.05) is 30.9 Å². The fraction of sp³-hybridized carbons (Fsp3) is 0.364. The van der Waals surface area contributed by atoms with Crippen LogP contribution in [0.4, 0.5) is 18.9 Å². The quantitative estimate of drug-likeness (QED) is 0.581. The minimum absolute atomic E-state index is 0.142. The molecule has 1 aliphatic rings. The van der Waals surface area contributed by atoms with Crippen molar-refractivity contribution in [2.45, 2.75) is 19.3 Å². The van der Waals surface area contributed by atoms with E-state index in [9.17, 15) is 13.2 Å². The number of nitrogens with zero attached hydrogens (tertiary/aromatic N) is 4. The molecule has 6 nitrogen and oxygen atoms in total. The molecule has 0 radical (unpaired) electrons. The molecule has 0 atom stereocenters. The summed E-state index contributed by atoms with van der Waals surface area (Å²) in [6.07, 6.45) is -4.42. The molecule has 4 rings (SSSR count). The Kier molecular flexibility index (Phi) is 6.24. The third kappa shape index (κ3) is 5.23. The number of hydrogen-bond donors (Lipinski definition) is 0. The maximum atomic E-state index is 13.0. The Morgan fingerprint density at radius 1 is 1.03 bits per heavy atom. The summed E-state index contributed by atoms with van der Waals surface area (Å²) < 4.78 is 49.6. The zero-order valence-corrected chi connectivity index (χ0v) is 17.1. The summed E-state index contributed by atoms with van der Waals surface area (Å²) in [5.41, 5.74) is 1.87. The summed E-state index contributed by atoms with van der Waals surface area (Å²) in [7, 11) is 1.93. The van der Waals surface area contributed by atoms with Gasteiger partial charge < -0.3 is 14.2 Å². The van der Waals surface area contributed by atoms with Crippen LogP contribution in [0.3, 0.4) is 0 Å². The standard InChI is InChI=1S/C22H23F3N4O2/c1-28(14-17-5-2-3-8-19(17)29-9-11-30-12-10-29)15-20-26-21(27-31-20)16-6-4-7-18(13-16)22(23,24)25/h2-8,13H,9-12,14-15H2,1H3. The Morgan fingerprint density at radius 2 is 1.81 bits per heavy atom. The lowest BCUT2D eigenvalue weighted by molar-refractivity contribution is -0.137. The van der Waals surface area contributed by atoms with Crippen molar-refractivity contribution < 1.29 is 22.4 Å². The van der Waals surface area contributed by atoms with Crippen molar-refractivity contribution in [2.75, 3.05) is 38.3 Å². The average molecular weight is 432 g/mol. The van der Waals surface area contributed by atoms with Gasteiger partial charge in [0.1, 0.15) is 0 Å². The zero-order chi connectivity index (χ0) is 21.8. The van der Waals surface area contributed by atoms with Crippen LogP contribution in [-0.2, 0) is 24.0 Å². The molecule has 3 aromatic rings. The van der Waals surface area contributed by atoms with E-state index in [0.29, 0.717) is 32.2 Å². The lowest BCUT2D eigenvalue weighted by Crippen LogP contribution is -2.37. The van der Waals surface area contributed by atoms with Gasteiger partial charge in [-0.1, -0.05) is 35.5 Å². The van der Waals surface area contributed by atoms with Gasteiger partial charge in [0.2, 0.25) is 11.7 Å². The number of alkyl halides is 3. The van der Waals surface area contributed by atoms with E-state index in [1.54, 1.807) is 0 Å². The molecule has 1 fully saturated rings. The largest absolute Gasteiger partial charge is 0.416 e. The van der Waals surface area contributed by atoms with Crippen molar-refractivity contribution >= 4 is 5.69 Å². The minimum atomic E-state index is -4.42. The van der Waals surface area contributed by atoms with Gasteiger partial charge in [0.15, 0.2) is 0 Å². The van der Waals surface area contributed by atoms with Gasteiger partial charge in [-0.2, -0.15) is 18.2 Å². The number of morpholine rings is 1. The van der Waals surface area contributed by atoms with Crippen molar-refractivity contribution in [3.63, 3.8) is 0 Å². The first kappa shape index (κ1) is 21.3. The number of rotatable bonds is 6. The fourth-order valence-electron chi connectivity index (χ4n) is 3.61. The number of halogens is 3. The van der Waals surface area contributed by atoms with Crippen LogP contribution in [0.15, 0.2) is 53.1 Å². The summed E-state index contributed by atoms with van der Waals surface area (Å²) >= 11 is 0. The van der Waals surface area contributed by atoms with E-state index in [2.05, 4.69) is 27.2 Å². The van der Waals surface area contributed by atoms with Crippen LogP contribution in [0.5, 0.6) is 0 Å². The van der Waals surface area contributed by atoms with Crippen LogP contribution < -0.4 is 4.90 Å². The highest BCUT2D eigenvalue weighted by molar-refractivity contribution is 5.56. The van der Waals surface area contributed by atoms with E-state index in [-0.39, 0.29) is 11.4 Å². The van der Waals surface area contributed by atoms with Crippen molar-refractivity contribution in [3.05, 3.63) is 65.5 Å². The van der Waals surface area contributed by atoms with E-state index in [0.717, 1.165) is 25.2 Å². The number of ether oxygens (including phenoxy) is 1. The Labute approximate surface area is 178 Å². The van der Waals surface area contributed by atoms with Crippen molar-refractivity contribution in [1.29, 1.82) is 0 Å². The third-order valence-corrected chi connectivity index (χ3v) is 5.11. The van der Waals surface area contributed by atoms with Gasteiger partial charge in [-0.15, -0.1) is 0 Å². The zero-order valence-electron chi connectivity index (χ0n) is 17.1. The molecule has 1 saturated heterocycles. The lowest BCUT2D eigenvalue weighted by atomic mass is 10.1. The Balaban J connectivity index is 1.44. The second kappa shape index (κ2) is 9.07. The van der Waals surface area contributed by atoms with E-state index < -0.39 is 11.7 Å². The summed E-state index contributed by atoms with van der Waals surface area (Å²) in [5, 5.41) is 3.86. The molecule has 0 unspecified atom stereocenters. The highest BCUT2D eigenvalue weighted by Gasteiger charge is 2.30. The molecule has 31 heavy (non-hydrogen) atoms. The molecule has 1 aliphatic heterocycles. The normalized spacial score (nSPS) is 14.9. The second-order valence-corrected chi connectivity index (χ2v) is 7.49. The fourth-order valence-corrected chi connectivity index (χ4v) is 3.61. The molecule has 0 spiro atoms. The molecule has 0 saturated carbocycles. The molecular formula is C22H23F3N4O2. The van der Waals surface area contributed by atoms with Crippen LogP contribution in [0.1, 0.15) is 17.0 Å². The van der Waals surface area contributed by atoms with E-state index in [1.807, 2.05) is 24.1 Å². The van der Waals surface area contributed by atoms with Crippen LogP contribution >= 0.6 is 0 Å². The van der Waals surface area contributed by atoms with E-state index in [4.69, 9.17) is 9.26 Å². The highest BCUT2D eigenvalue weighted by Crippen LogP contribution is 2.31. The molecule has 1 aromatic heterocycles. The van der Waals surface area contributed by atoms with Crippen LogP contribution in [0.2, 0.25) is 0 Å². The predicted octanol–water partition coefficient (Wildman–Crippen LogP) is 4.22. The van der Waals surface area contributed by atoms with Gasteiger partial charge in [0.25, 0.3) is 0 Å². The van der Waals surface area contributed by atoms with Crippen LogP contribution in [-0.4, -0.2) is 48.4 Å². The monoisotopic (exact) mass is 432 g/mol. The summed E-state index contributed by atoms with van der Waals surface area (Å²) in [6.45, 7) is 4.17. The maximum Gasteiger partial charge on any atom is 0.416 e. The smallest absolute Gasteiger partial charge is 0.378 e. The SMILES string of the molecule is CN(Cc1nc(-c2cccc(C(F)(F)F)c2)no1)Cc1ccccc1N1CCOCC1. The molecule has 0 amide bonds. The topological polar surface area (TPSA) is 54.6 Å². The summed E-state index contributed by atoms with van der Waals surface area (Å²) in [6, 6.07) is 13.1. The molecule has 164 valence electrons. The average Bonchev–Trinajstić information content (AvgIpc) is 3.22. The maximum absolute atomic E-state index is 13.0. The minimum Gasteiger partial charge on any atom is -0.378 e. The van der Waals surface area contributed by atoms with Crippen LogP contribution in [0.25, 0.3) is 11.4 Å². The van der Waals surface area contributed by atoms with Gasteiger partial charge in [-0.25, -0.2) is 0 Å². The molecule has 9 heteroatoms. The number of anilines is 1.